The SMILES string of the molecule is CN=C(NCCc1cc(Br)ccc1F)NCC1(CCO)CCOC1. The van der Waals surface area contributed by atoms with Crippen molar-refractivity contribution in [1.29, 1.82) is 0 Å². The monoisotopic (exact) mass is 401 g/mol. The maximum Gasteiger partial charge on any atom is 0.191 e. The van der Waals surface area contributed by atoms with Crippen molar-refractivity contribution >= 4 is 21.9 Å². The number of nitrogens with one attached hydrogen (secondary N) is 2. The Bertz CT molecular complexity index is 563. The molecule has 1 atom stereocenters. The zero-order valence-corrected chi connectivity index (χ0v) is 15.5. The van der Waals surface area contributed by atoms with E-state index in [-0.39, 0.29) is 17.8 Å². The van der Waals surface area contributed by atoms with Crippen LogP contribution in [0, 0.1) is 11.2 Å². The first-order valence-electron chi connectivity index (χ1n) is 8.16. The van der Waals surface area contributed by atoms with Crippen molar-refractivity contribution in [3.05, 3.63) is 34.1 Å². The fraction of sp³-hybridized carbons (Fsp3) is 0.588. The van der Waals surface area contributed by atoms with Crippen LogP contribution in [0.5, 0.6) is 0 Å². The first-order chi connectivity index (χ1) is 11.6. The van der Waals surface area contributed by atoms with Crippen molar-refractivity contribution in [2.45, 2.75) is 19.3 Å². The lowest BCUT2D eigenvalue weighted by Gasteiger charge is -2.27. The number of aliphatic hydroxyl groups excluding tert-OH is 1. The summed E-state index contributed by atoms with van der Waals surface area (Å²) < 4.78 is 20.1. The van der Waals surface area contributed by atoms with Crippen LogP contribution in [0.15, 0.2) is 27.7 Å². The van der Waals surface area contributed by atoms with Gasteiger partial charge in [0.25, 0.3) is 0 Å². The van der Waals surface area contributed by atoms with E-state index in [0.717, 1.165) is 17.5 Å². The van der Waals surface area contributed by atoms with Crippen molar-refractivity contribution in [2.24, 2.45) is 10.4 Å². The summed E-state index contributed by atoms with van der Waals surface area (Å²) in [6, 6.07) is 4.95. The number of guanidine groups is 1. The number of aliphatic imine (C=N–C) groups is 1. The molecule has 134 valence electrons. The second-order valence-corrected chi connectivity index (χ2v) is 7.03. The molecule has 1 unspecified atom stereocenters. The minimum absolute atomic E-state index is 0.0389. The molecule has 1 fully saturated rings. The van der Waals surface area contributed by atoms with Crippen LogP contribution in [0.4, 0.5) is 4.39 Å². The van der Waals surface area contributed by atoms with E-state index in [1.807, 2.05) is 0 Å². The predicted octanol–water partition coefficient (Wildman–Crippen LogP) is 2.08. The highest BCUT2D eigenvalue weighted by Gasteiger charge is 2.34. The van der Waals surface area contributed by atoms with Gasteiger partial charge in [-0.25, -0.2) is 4.39 Å². The topological polar surface area (TPSA) is 65.9 Å². The number of rotatable bonds is 7. The van der Waals surface area contributed by atoms with Crippen LogP contribution in [0.3, 0.4) is 0 Å². The smallest absolute Gasteiger partial charge is 0.191 e. The highest BCUT2D eigenvalue weighted by molar-refractivity contribution is 9.10. The molecule has 1 heterocycles. The molecule has 0 amide bonds. The lowest BCUT2D eigenvalue weighted by Crippen LogP contribution is -2.45. The van der Waals surface area contributed by atoms with E-state index in [1.54, 1.807) is 19.2 Å². The average molecular weight is 402 g/mol. The molecule has 0 radical (unpaired) electrons. The van der Waals surface area contributed by atoms with Crippen LogP contribution in [0.1, 0.15) is 18.4 Å². The molecule has 1 aliphatic rings. The first kappa shape index (κ1) is 19.1. The van der Waals surface area contributed by atoms with E-state index in [2.05, 4.69) is 31.6 Å². The van der Waals surface area contributed by atoms with E-state index in [9.17, 15) is 9.50 Å². The number of ether oxygens (including phenoxy) is 1. The molecule has 3 N–H and O–H groups in total. The number of hydrogen-bond donors (Lipinski definition) is 3. The quantitative estimate of drug-likeness (QED) is 0.483. The van der Waals surface area contributed by atoms with Crippen molar-refractivity contribution in [3.63, 3.8) is 0 Å². The molecule has 7 heteroatoms. The molecule has 5 nitrogen and oxygen atoms in total. The summed E-state index contributed by atoms with van der Waals surface area (Å²) in [5, 5.41) is 15.8. The molecule has 0 spiro atoms. The molecule has 0 aliphatic carbocycles. The predicted molar refractivity (Wildman–Crippen MR) is 96.7 cm³/mol. The van der Waals surface area contributed by atoms with Gasteiger partial charge in [-0.05, 0) is 43.0 Å². The van der Waals surface area contributed by atoms with E-state index >= 15 is 0 Å². The maximum absolute atomic E-state index is 13.7. The number of aliphatic hydroxyl groups is 1. The van der Waals surface area contributed by atoms with Gasteiger partial charge in [0.15, 0.2) is 5.96 Å². The lowest BCUT2D eigenvalue weighted by molar-refractivity contribution is 0.127. The third-order valence-corrected chi connectivity index (χ3v) is 4.87. The molecule has 0 aromatic heterocycles. The molecular weight excluding hydrogens is 377 g/mol. The van der Waals surface area contributed by atoms with Gasteiger partial charge in [0.2, 0.25) is 0 Å². The van der Waals surface area contributed by atoms with E-state index in [1.165, 1.54) is 6.07 Å². The molecule has 1 saturated heterocycles. The van der Waals surface area contributed by atoms with Gasteiger partial charge in [-0.15, -0.1) is 0 Å². The Hall–Kier alpha value is -1.18. The van der Waals surface area contributed by atoms with Gasteiger partial charge in [0.1, 0.15) is 5.82 Å². The Kier molecular flexibility index (Phi) is 7.45. The Labute approximate surface area is 150 Å². The van der Waals surface area contributed by atoms with E-state index < -0.39 is 0 Å². The number of halogens is 2. The molecule has 24 heavy (non-hydrogen) atoms. The van der Waals surface area contributed by atoms with Crippen LogP contribution in [-0.2, 0) is 11.2 Å². The fourth-order valence-corrected chi connectivity index (χ4v) is 3.26. The molecular formula is C17H25BrFN3O2. The van der Waals surface area contributed by atoms with Crippen LogP contribution in [0.2, 0.25) is 0 Å². The highest BCUT2D eigenvalue weighted by Crippen LogP contribution is 2.31. The minimum Gasteiger partial charge on any atom is -0.396 e. The summed E-state index contributed by atoms with van der Waals surface area (Å²) in [7, 11) is 1.71. The second kappa shape index (κ2) is 9.34. The molecule has 2 rings (SSSR count). The lowest BCUT2D eigenvalue weighted by atomic mass is 9.84. The normalized spacial score (nSPS) is 21.1. The zero-order chi connectivity index (χ0) is 17.4. The van der Waals surface area contributed by atoms with Crippen molar-refractivity contribution in [1.82, 2.24) is 10.6 Å². The summed E-state index contributed by atoms with van der Waals surface area (Å²) in [5.41, 5.74) is 0.622. The minimum atomic E-state index is -0.201. The maximum atomic E-state index is 13.7. The van der Waals surface area contributed by atoms with Gasteiger partial charge in [0.05, 0.1) is 6.61 Å². The van der Waals surface area contributed by atoms with Crippen molar-refractivity contribution in [3.8, 4) is 0 Å². The third-order valence-electron chi connectivity index (χ3n) is 4.38. The molecule has 1 aliphatic heterocycles. The van der Waals surface area contributed by atoms with Crippen LogP contribution in [0.25, 0.3) is 0 Å². The average Bonchev–Trinajstić information content (AvgIpc) is 3.03. The first-order valence-corrected chi connectivity index (χ1v) is 8.95. The van der Waals surface area contributed by atoms with Crippen LogP contribution >= 0.6 is 15.9 Å². The fourth-order valence-electron chi connectivity index (χ4n) is 2.85. The Balaban J connectivity index is 1.81. The van der Waals surface area contributed by atoms with E-state index in [0.29, 0.717) is 44.1 Å². The van der Waals surface area contributed by atoms with E-state index in [4.69, 9.17) is 4.74 Å². The standard InChI is InChI=1S/C17H25BrFN3O2/c1-20-16(22-11-17(5-8-23)6-9-24-12-17)21-7-4-13-10-14(18)2-3-15(13)19/h2-3,10,23H,4-9,11-12H2,1H3,(H2,20,21,22). The molecule has 1 aromatic rings. The van der Waals surface area contributed by atoms with Crippen LogP contribution in [-0.4, -0.2) is 51.0 Å². The Morgan fingerprint density at radius 3 is 2.96 bits per heavy atom. The Morgan fingerprint density at radius 1 is 1.46 bits per heavy atom. The molecule has 0 bridgehead atoms. The van der Waals surface area contributed by atoms with Crippen LogP contribution < -0.4 is 10.6 Å². The van der Waals surface area contributed by atoms with Gasteiger partial charge >= 0.3 is 0 Å². The third kappa shape index (κ3) is 5.43. The molecule has 0 saturated carbocycles. The second-order valence-electron chi connectivity index (χ2n) is 6.11. The zero-order valence-electron chi connectivity index (χ0n) is 13.9. The summed E-state index contributed by atoms with van der Waals surface area (Å²) in [6.45, 7) is 2.81. The van der Waals surface area contributed by atoms with Gasteiger partial charge in [-0.1, -0.05) is 15.9 Å². The molecule has 1 aromatic carbocycles. The summed E-state index contributed by atoms with van der Waals surface area (Å²) in [6.07, 6.45) is 2.21. The largest absolute Gasteiger partial charge is 0.396 e. The summed E-state index contributed by atoms with van der Waals surface area (Å²) >= 11 is 3.36. The van der Waals surface area contributed by atoms with Gasteiger partial charge in [0, 0.05) is 43.2 Å². The van der Waals surface area contributed by atoms with Gasteiger partial charge in [-0.2, -0.15) is 0 Å². The number of hydrogen-bond acceptors (Lipinski definition) is 3. The Morgan fingerprint density at radius 2 is 2.29 bits per heavy atom. The van der Waals surface area contributed by atoms with Gasteiger partial charge in [-0.3, -0.25) is 4.99 Å². The van der Waals surface area contributed by atoms with Crippen molar-refractivity contribution in [2.75, 3.05) is 40.0 Å². The highest BCUT2D eigenvalue weighted by atomic mass is 79.9. The summed E-state index contributed by atoms with van der Waals surface area (Å²) in [4.78, 5) is 4.20. The summed E-state index contributed by atoms with van der Waals surface area (Å²) in [5.74, 6) is 0.475. The number of nitrogens with zero attached hydrogens (tertiary/aromatic N) is 1. The van der Waals surface area contributed by atoms with Crippen molar-refractivity contribution < 1.29 is 14.2 Å². The van der Waals surface area contributed by atoms with Gasteiger partial charge < -0.3 is 20.5 Å². The number of benzene rings is 1.